The first-order valence-corrected chi connectivity index (χ1v) is 9.71. The molecule has 0 aromatic heterocycles. The second-order valence-electron chi connectivity index (χ2n) is 4.67. The third-order valence-corrected chi connectivity index (χ3v) is 4.85. The number of sulfonamides is 2. The molecular formula is C12H20N2O5S2. The second-order valence-corrected chi connectivity index (χ2v) is 8.27. The zero-order valence-electron chi connectivity index (χ0n) is 11.9. The van der Waals surface area contributed by atoms with E-state index in [1.807, 2.05) is 0 Å². The van der Waals surface area contributed by atoms with Gasteiger partial charge in [-0.1, -0.05) is 12.1 Å². The van der Waals surface area contributed by atoms with Crippen LogP contribution in [0.5, 0.6) is 0 Å². The maximum atomic E-state index is 12.0. The van der Waals surface area contributed by atoms with E-state index < -0.39 is 26.2 Å². The number of hydrogen-bond donors (Lipinski definition) is 3. The molecule has 0 fully saturated rings. The lowest BCUT2D eigenvalue weighted by atomic mass is 10.1. The topological polar surface area (TPSA) is 113 Å². The monoisotopic (exact) mass is 336 g/mol. The van der Waals surface area contributed by atoms with Gasteiger partial charge in [0, 0.05) is 13.1 Å². The second kappa shape index (κ2) is 7.32. The fourth-order valence-electron chi connectivity index (χ4n) is 1.58. The Hall–Kier alpha value is -1.00. The molecule has 1 rings (SSSR count). The zero-order valence-corrected chi connectivity index (χ0v) is 13.5. The van der Waals surface area contributed by atoms with Crippen LogP contribution in [0.2, 0.25) is 0 Å². The van der Waals surface area contributed by atoms with Gasteiger partial charge in [-0.2, -0.15) is 0 Å². The lowest BCUT2D eigenvalue weighted by molar-refractivity contribution is 0.199. The number of aliphatic hydroxyl groups is 1. The van der Waals surface area contributed by atoms with Crippen molar-refractivity contribution in [3.63, 3.8) is 0 Å². The van der Waals surface area contributed by atoms with Crippen molar-refractivity contribution in [1.82, 2.24) is 9.44 Å². The average molecular weight is 336 g/mol. The van der Waals surface area contributed by atoms with Crippen molar-refractivity contribution >= 4 is 20.0 Å². The molecule has 0 aliphatic heterocycles. The minimum Gasteiger partial charge on any atom is -0.389 e. The molecule has 1 aromatic rings. The number of hydrogen-bond acceptors (Lipinski definition) is 5. The summed E-state index contributed by atoms with van der Waals surface area (Å²) in [4.78, 5) is 0.0666. The van der Waals surface area contributed by atoms with Crippen molar-refractivity contribution in [3.05, 3.63) is 29.8 Å². The molecule has 1 unspecified atom stereocenters. The molecule has 0 aliphatic rings. The van der Waals surface area contributed by atoms with Gasteiger partial charge in [-0.3, -0.25) is 0 Å². The third-order valence-electron chi connectivity index (χ3n) is 2.66. The van der Waals surface area contributed by atoms with Gasteiger partial charge >= 0.3 is 0 Å². The molecule has 21 heavy (non-hydrogen) atoms. The van der Waals surface area contributed by atoms with Gasteiger partial charge in [0.25, 0.3) is 0 Å². The first-order valence-electron chi connectivity index (χ1n) is 6.34. The molecule has 9 heteroatoms. The van der Waals surface area contributed by atoms with Crippen molar-refractivity contribution in [1.29, 1.82) is 0 Å². The van der Waals surface area contributed by atoms with Gasteiger partial charge in [0.05, 0.1) is 17.3 Å². The molecule has 0 aliphatic carbocycles. The van der Waals surface area contributed by atoms with Crippen molar-refractivity contribution in [2.75, 3.05) is 19.3 Å². The van der Waals surface area contributed by atoms with Crippen LogP contribution in [-0.4, -0.2) is 41.3 Å². The van der Waals surface area contributed by atoms with Gasteiger partial charge in [0.15, 0.2) is 0 Å². The number of nitrogens with one attached hydrogen (secondary N) is 2. The average Bonchev–Trinajstić information content (AvgIpc) is 2.37. The van der Waals surface area contributed by atoms with Gasteiger partial charge in [0.2, 0.25) is 20.0 Å². The Labute approximate surface area is 125 Å². The Bertz CT molecular complexity index is 669. The molecule has 7 nitrogen and oxygen atoms in total. The third kappa shape index (κ3) is 6.53. The van der Waals surface area contributed by atoms with E-state index in [0.29, 0.717) is 12.0 Å². The summed E-state index contributed by atoms with van der Waals surface area (Å²) in [5, 5.41) is 9.46. The first kappa shape index (κ1) is 18.1. The summed E-state index contributed by atoms with van der Waals surface area (Å²) in [7, 11) is -6.93. The Kier molecular flexibility index (Phi) is 6.29. The molecule has 0 heterocycles. The SMILES string of the molecule is CC(O)c1cccc(S(=O)(=O)NCCCNS(C)(=O)=O)c1. The van der Waals surface area contributed by atoms with Gasteiger partial charge in [-0.25, -0.2) is 26.3 Å². The molecule has 120 valence electrons. The van der Waals surface area contributed by atoms with E-state index in [-0.39, 0.29) is 18.0 Å². The fourth-order valence-corrected chi connectivity index (χ4v) is 3.22. The molecule has 1 aromatic carbocycles. The highest BCUT2D eigenvalue weighted by molar-refractivity contribution is 7.89. The molecule has 0 saturated heterocycles. The molecule has 1 atom stereocenters. The van der Waals surface area contributed by atoms with Crippen LogP contribution in [0, 0.1) is 0 Å². The van der Waals surface area contributed by atoms with E-state index in [9.17, 15) is 21.9 Å². The predicted octanol–water partition coefficient (Wildman–Crippen LogP) is -0.0425. The molecule has 0 radical (unpaired) electrons. The Morgan fingerprint density at radius 3 is 2.33 bits per heavy atom. The van der Waals surface area contributed by atoms with Crippen LogP contribution in [0.25, 0.3) is 0 Å². The van der Waals surface area contributed by atoms with Crippen molar-refractivity contribution < 1.29 is 21.9 Å². The van der Waals surface area contributed by atoms with Crippen LogP contribution < -0.4 is 9.44 Å². The highest BCUT2D eigenvalue weighted by Gasteiger charge is 2.14. The smallest absolute Gasteiger partial charge is 0.240 e. The van der Waals surface area contributed by atoms with E-state index in [0.717, 1.165) is 6.26 Å². The molecule has 0 saturated carbocycles. The van der Waals surface area contributed by atoms with Crippen LogP contribution >= 0.6 is 0 Å². The minimum atomic E-state index is -3.67. The normalized spacial score (nSPS) is 14.0. The van der Waals surface area contributed by atoms with Gasteiger partial charge < -0.3 is 5.11 Å². The summed E-state index contributed by atoms with van der Waals surface area (Å²) in [6.45, 7) is 1.83. The van der Waals surface area contributed by atoms with Crippen LogP contribution in [0.3, 0.4) is 0 Å². The summed E-state index contributed by atoms with van der Waals surface area (Å²) in [6, 6.07) is 6.03. The summed E-state index contributed by atoms with van der Waals surface area (Å²) in [5.41, 5.74) is 0.511. The Morgan fingerprint density at radius 2 is 1.76 bits per heavy atom. The maximum absolute atomic E-state index is 12.0. The number of rotatable bonds is 8. The van der Waals surface area contributed by atoms with E-state index >= 15 is 0 Å². The van der Waals surface area contributed by atoms with E-state index in [2.05, 4.69) is 9.44 Å². The van der Waals surface area contributed by atoms with E-state index in [1.54, 1.807) is 19.1 Å². The fraction of sp³-hybridized carbons (Fsp3) is 0.500. The molecule has 3 N–H and O–H groups in total. The summed E-state index contributed by atoms with van der Waals surface area (Å²) >= 11 is 0. The quantitative estimate of drug-likeness (QED) is 0.577. The van der Waals surface area contributed by atoms with Crippen LogP contribution in [-0.2, 0) is 20.0 Å². The van der Waals surface area contributed by atoms with Gasteiger partial charge in [0.1, 0.15) is 0 Å². The first-order chi connectivity index (χ1) is 9.62. The van der Waals surface area contributed by atoms with Crippen molar-refractivity contribution in [2.45, 2.75) is 24.3 Å². The Morgan fingerprint density at radius 1 is 1.14 bits per heavy atom. The van der Waals surface area contributed by atoms with Crippen LogP contribution in [0.1, 0.15) is 25.0 Å². The Balaban J connectivity index is 2.60. The van der Waals surface area contributed by atoms with Crippen LogP contribution in [0.4, 0.5) is 0 Å². The minimum absolute atomic E-state index is 0.0666. The standard InChI is InChI=1S/C12H20N2O5S2/c1-10(15)11-5-3-6-12(9-11)21(18,19)14-8-4-7-13-20(2,16)17/h3,5-6,9-10,13-15H,4,7-8H2,1-2H3. The van der Waals surface area contributed by atoms with E-state index in [4.69, 9.17) is 0 Å². The summed E-state index contributed by atoms with van der Waals surface area (Å²) in [6.07, 6.45) is 0.625. The molecule has 0 bridgehead atoms. The zero-order chi connectivity index (χ0) is 16.1. The lowest BCUT2D eigenvalue weighted by Crippen LogP contribution is -2.29. The summed E-state index contributed by atoms with van der Waals surface area (Å²) < 4.78 is 50.4. The number of aliphatic hydroxyl groups excluding tert-OH is 1. The van der Waals surface area contributed by atoms with Gasteiger partial charge in [-0.15, -0.1) is 0 Å². The van der Waals surface area contributed by atoms with Crippen LogP contribution in [0.15, 0.2) is 29.2 Å². The predicted molar refractivity (Wildman–Crippen MR) is 79.7 cm³/mol. The lowest BCUT2D eigenvalue weighted by Gasteiger charge is -2.10. The van der Waals surface area contributed by atoms with E-state index in [1.165, 1.54) is 12.1 Å². The van der Waals surface area contributed by atoms with Crippen molar-refractivity contribution in [2.24, 2.45) is 0 Å². The number of benzene rings is 1. The molecule has 0 spiro atoms. The summed E-state index contributed by atoms with van der Waals surface area (Å²) in [5.74, 6) is 0. The highest BCUT2D eigenvalue weighted by Crippen LogP contribution is 2.16. The van der Waals surface area contributed by atoms with Gasteiger partial charge in [-0.05, 0) is 31.0 Å². The largest absolute Gasteiger partial charge is 0.389 e. The maximum Gasteiger partial charge on any atom is 0.240 e. The molecular weight excluding hydrogens is 316 g/mol. The highest BCUT2D eigenvalue weighted by atomic mass is 32.2. The molecule has 0 amide bonds. The van der Waals surface area contributed by atoms with Crippen molar-refractivity contribution in [3.8, 4) is 0 Å².